The van der Waals surface area contributed by atoms with Crippen LogP contribution in [0.2, 0.25) is 4.34 Å². The number of thiazole rings is 1. The van der Waals surface area contributed by atoms with Gasteiger partial charge in [-0.25, -0.2) is 4.79 Å². The summed E-state index contributed by atoms with van der Waals surface area (Å²) >= 11 is 7.92. The summed E-state index contributed by atoms with van der Waals surface area (Å²) in [4.78, 5) is 11.9. The van der Waals surface area contributed by atoms with E-state index in [4.69, 9.17) is 16.3 Å². The van der Waals surface area contributed by atoms with Gasteiger partial charge >= 0.3 is 5.97 Å². The van der Waals surface area contributed by atoms with Crippen LogP contribution < -0.4 is 4.80 Å². The Balaban J connectivity index is 2.16. The van der Waals surface area contributed by atoms with E-state index in [2.05, 4.69) is 4.40 Å². The summed E-state index contributed by atoms with van der Waals surface area (Å²) in [6.45, 7) is 0. The van der Waals surface area contributed by atoms with Gasteiger partial charge in [-0.3, -0.25) is 0 Å². The summed E-state index contributed by atoms with van der Waals surface area (Å²) in [5.41, 5.74) is 1.16. The van der Waals surface area contributed by atoms with E-state index in [0.29, 0.717) is 14.7 Å². The molecular formula is C14H11ClN2O4S3. The molecule has 0 aliphatic rings. The summed E-state index contributed by atoms with van der Waals surface area (Å²) < 4.78 is 36.2. The number of halogens is 1. The van der Waals surface area contributed by atoms with Gasteiger partial charge in [-0.2, -0.15) is 8.42 Å². The first kappa shape index (κ1) is 17.2. The molecule has 2 aromatic heterocycles. The van der Waals surface area contributed by atoms with Gasteiger partial charge in [0.05, 0.1) is 27.2 Å². The van der Waals surface area contributed by atoms with Crippen molar-refractivity contribution < 1.29 is 17.9 Å². The Kier molecular flexibility index (Phi) is 4.52. The van der Waals surface area contributed by atoms with Crippen LogP contribution in [0.5, 0.6) is 0 Å². The van der Waals surface area contributed by atoms with Gasteiger partial charge in [0.15, 0.2) is 0 Å². The number of carbonyl (C=O) groups excluding carboxylic acids is 1. The zero-order valence-corrected chi connectivity index (χ0v) is 15.7. The normalized spacial score (nSPS) is 12.7. The van der Waals surface area contributed by atoms with Crippen LogP contribution in [-0.4, -0.2) is 26.1 Å². The second-order valence-corrected chi connectivity index (χ2v) is 9.30. The minimum atomic E-state index is -3.84. The van der Waals surface area contributed by atoms with Crippen molar-refractivity contribution in [3.05, 3.63) is 45.0 Å². The van der Waals surface area contributed by atoms with E-state index in [1.165, 1.54) is 30.6 Å². The third-order valence-corrected chi connectivity index (χ3v) is 7.41. The van der Waals surface area contributed by atoms with Gasteiger partial charge < -0.3 is 9.30 Å². The lowest BCUT2D eigenvalue weighted by Crippen LogP contribution is -2.13. The third-order valence-electron chi connectivity index (χ3n) is 3.23. The number of hydrogen-bond acceptors (Lipinski definition) is 6. The quantitative estimate of drug-likeness (QED) is 0.631. The highest BCUT2D eigenvalue weighted by molar-refractivity contribution is 7.92. The van der Waals surface area contributed by atoms with E-state index in [-0.39, 0.29) is 4.21 Å². The third kappa shape index (κ3) is 3.12. The number of nitrogens with zero attached hydrogens (tertiary/aromatic N) is 2. The molecule has 0 atom stereocenters. The largest absolute Gasteiger partial charge is 0.465 e. The first-order valence-corrected chi connectivity index (χ1v) is 10.0. The van der Waals surface area contributed by atoms with E-state index < -0.39 is 16.0 Å². The van der Waals surface area contributed by atoms with Gasteiger partial charge in [0.2, 0.25) is 4.80 Å². The first-order valence-electron chi connectivity index (χ1n) is 6.56. The highest BCUT2D eigenvalue weighted by Crippen LogP contribution is 2.27. The van der Waals surface area contributed by atoms with Crippen molar-refractivity contribution in [2.75, 3.05) is 7.11 Å². The average molecular weight is 403 g/mol. The summed E-state index contributed by atoms with van der Waals surface area (Å²) in [5, 5.41) is 0. The Bertz CT molecular complexity index is 1110. The molecule has 126 valence electrons. The molecule has 0 unspecified atom stereocenters. The lowest BCUT2D eigenvalue weighted by atomic mass is 10.2. The fourth-order valence-electron chi connectivity index (χ4n) is 2.05. The molecule has 0 aliphatic carbocycles. The number of ether oxygens (including phenoxy) is 1. The molecule has 0 saturated heterocycles. The summed E-state index contributed by atoms with van der Waals surface area (Å²) in [6.07, 6.45) is 0. The van der Waals surface area contributed by atoms with Gasteiger partial charge in [-0.15, -0.1) is 15.7 Å². The van der Waals surface area contributed by atoms with Crippen LogP contribution in [0.4, 0.5) is 0 Å². The number of methoxy groups -OCH3 is 1. The summed E-state index contributed by atoms with van der Waals surface area (Å²) in [7, 11) is -0.816. The molecule has 10 heteroatoms. The first-order chi connectivity index (χ1) is 11.3. The van der Waals surface area contributed by atoms with Crippen LogP contribution in [0.1, 0.15) is 10.4 Å². The van der Waals surface area contributed by atoms with Crippen molar-refractivity contribution in [1.82, 2.24) is 4.57 Å². The second kappa shape index (κ2) is 6.32. The lowest BCUT2D eigenvalue weighted by molar-refractivity contribution is 0.0601. The molecule has 24 heavy (non-hydrogen) atoms. The molecule has 0 spiro atoms. The lowest BCUT2D eigenvalue weighted by Gasteiger charge is -1.99. The summed E-state index contributed by atoms with van der Waals surface area (Å²) in [6, 6.07) is 7.94. The monoisotopic (exact) mass is 402 g/mol. The number of thiophene rings is 1. The maximum atomic E-state index is 12.4. The molecule has 1 aromatic carbocycles. The van der Waals surface area contributed by atoms with E-state index in [9.17, 15) is 13.2 Å². The fourth-order valence-corrected chi connectivity index (χ4v) is 5.80. The minimum absolute atomic E-state index is 0.0835. The van der Waals surface area contributed by atoms with Gasteiger partial charge in [-0.1, -0.05) is 22.9 Å². The number of aryl methyl sites for hydroxylation is 1. The van der Waals surface area contributed by atoms with Crippen LogP contribution in [0.25, 0.3) is 10.2 Å². The van der Waals surface area contributed by atoms with E-state index in [1.54, 1.807) is 29.8 Å². The molecule has 0 bridgehead atoms. The zero-order valence-electron chi connectivity index (χ0n) is 12.5. The number of benzene rings is 1. The molecule has 0 amide bonds. The Morgan fingerprint density at radius 1 is 1.25 bits per heavy atom. The molecule has 3 rings (SSSR count). The molecule has 3 aromatic rings. The smallest absolute Gasteiger partial charge is 0.337 e. The Morgan fingerprint density at radius 3 is 2.62 bits per heavy atom. The van der Waals surface area contributed by atoms with Gasteiger partial charge in [-0.05, 0) is 30.3 Å². The van der Waals surface area contributed by atoms with Gasteiger partial charge in [0, 0.05) is 7.05 Å². The Hall–Kier alpha value is -1.68. The SMILES string of the molecule is COC(=O)c1ccc2c(c1)s/c(=N\S(=O)(=O)c1ccc(Cl)s1)n2C. The standard InChI is InChI=1S/C14H11ClN2O4S3/c1-17-9-4-3-8(13(18)21-2)7-10(9)22-14(17)16-24(19,20)12-6-5-11(15)23-12/h3-7H,1-2H3/b16-14-. The number of hydrogen-bond donors (Lipinski definition) is 0. The molecular weight excluding hydrogens is 392 g/mol. The minimum Gasteiger partial charge on any atom is -0.465 e. The van der Waals surface area contributed by atoms with Crippen LogP contribution in [0.3, 0.4) is 0 Å². The van der Waals surface area contributed by atoms with Crippen LogP contribution in [0, 0.1) is 0 Å². The number of aromatic nitrogens is 1. The van der Waals surface area contributed by atoms with Crippen LogP contribution in [-0.2, 0) is 21.8 Å². The molecule has 0 saturated carbocycles. The van der Waals surface area contributed by atoms with Gasteiger partial charge in [0.25, 0.3) is 10.0 Å². The molecule has 0 fully saturated rings. The maximum Gasteiger partial charge on any atom is 0.337 e. The van der Waals surface area contributed by atoms with Gasteiger partial charge in [0.1, 0.15) is 4.21 Å². The van der Waals surface area contributed by atoms with Crippen molar-refractivity contribution in [3.8, 4) is 0 Å². The van der Waals surface area contributed by atoms with Crippen molar-refractivity contribution in [2.45, 2.75) is 4.21 Å². The molecule has 0 aliphatic heterocycles. The molecule has 6 nitrogen and oxygen atoms in total. The van der Waals surface area contributed by atoms with E-state index in [0.717, 1.165) is 21.6 Å². The van der Waals surface area contributed by atoms with Crippen molar-refractivity contribution in [2.24, 2.45) is 11.4 Å². The summed E-state index contributed by atoms with van der Waals surface area (Å²) in [5.74, 6) is -0.452. The molecule has 2 heterocycles. The Labute approximate surface area is 150 Å². The van der Waals surface area contributed by atoms with Crippen molar-refractivity contribution >= 4 is 60.5 Å². The van der Waals surface area contributed by atoms with Crippen LogP contribution in [0.15, 0.2) is 38.9 Å². The number of sulfonamides is 1. The number of rotatable bonds is 3. The second-order valence-electron chi connectivity index (χ2n) is 4.74. The molecule has 0 radical (unpaired) electrons. The predicted molar refractivity (Wildman–Crippen MR) is 94.2 cm³/mol. The predicted octanol–water partition coefficient (Wildman–Crippen LogP) is 3.03. The topological polar surface area (TPSA) is 77.7 Å². The van der Waals surface area contributed by atoms with E-state index in [1.807, 2.05) is 0 Å². The van der Waals surface area contributed by atoms with Crippen molar-refractivity contribution in [3.63, 3.8) is 0 Å². The maximum absolute atomic E-state index is 12.4. The molecule has 0 N–H and O–H groups in total. The number of esters is 1. The van der Waals surface area contributed by atoms with E-state index >= 15 is 0 Å². The number of fused-ring (bicyclic) bond motifs is 1. The van der Waals surface area contributed by atoms with Crippen LogP contribution >= 0.6 is 34.3 Å². The highest BCUT2D eigenvalue weighted by atomic mass is 35.5. The Morgan fingerprint density at radius 2 is 2.00 bits per heavy atom. The number of carbonyl (C=O) groups is 1. The fraction of sp³-hybridized carbons (Fsp3) is 0.143. The zero-order chi connectivity index (χ0) is 17.5. The van der Waals surface area contributed by atoms with Crippen molar-refractivity contribution in [1.29, 1.82) is 0 Å². The highest BCUT2D eigenvalue weighted by Gasteiger charge is 2.17. The average Bonchev–Trinajstić information content (AvgIpc) is 3.11.